The van der Waals surface area contributed by atoms with Crippen molar-refractivity contribution in [2.24, 2.45) is 0 Å². The van der Waals surface area contributed by atoms with Gasteiger partial charge >= 0.3 is 18.9 Å². The van der Waals surface area contributed by atoms with Crippen molar-refractivity contribution < 1.29 is 28.3 Å². The zero-order valence-corrected chi connectivity index (χ0v) is 10.3. The Hall–Kier alpha value is -0.423. The maximum atomic E-state index is 5.25. The van der Waals surface area contributed by atoms with E-state index in [4.69, 9.17) is 9.47 Å². The van der Waals surface area contributed by atoms with E-state index in [0.717, 1.165) is 5.75 Å². The van der Waals surface area contributed by atoms with Crippen LogP contribution >= 0.6 is 0 Å². The Bertz CT molecular complexity index is 275. The molecule has 0 bridgehead atoms. The van der Waals surface area contributed by atoms with Crippen LogP contribution in [-0.4, -0.2) is 13.9 Å². The van der Waals surface area contributed by atoms with Crippen LogP contribution in [0, 0.1) is 6.07 Å². The van der Waals surface area contributed by atoms with Crippen LogP contribution in [0.25, 0.3) is 0 Å². The van der Waals surface area contributed by atoms with E-state index in [2.05, 4.69) is 32.9 Å². The topological polar surface area (TPSA) is 18.5 Å². The third kappa shape index (κ3) is 4.75. The second-order valence-corrected chi connectivity index (χ2v) is 4.24. The van der Waals surface area contributed by atoms with Crippen molar-refractivity contribution in [1.29, 1.82) is 0 Å². The Morgan fingerprint density at radius 1 is 1.27 bits per heavy atom. The van der Waals surface area contributed by atoms with Crippen LogP contribution in [-0.2, 0) is 10.2 Å². The van der Waals surface area contributed by atoms with Crippen molar-refractivity contribution in [2.75, 3.05) is 13.9 Å². The van der Waals surface area contributed by atoms with Gasteiger partial charge in [-0.25, -0.2) is 0 Å². The van der Waals surface area contributed by atoms with Gasteiger partial charge in [0.25, 0.3) is 0 Å². The Morgan fingerprint density at radius 3 is 2.33 bits per heavy atom. The normalized spacial score (nSPS) is 10.7. The molecular formula is C12H17LiO2. The first-order valence-corrected chi connectivity index (χ1v) is 4.68. The zero-order valence-electron chi connectivity index (χ0n) is 10.3. The number of benzene rings is 1. The fraction of sp³-hybridized carbons (Fsp3) is 0.500. The largest absolute Gasteiger partial charge is 1.00 e. The minimum absolute atomic E-state index is 0. The molecule has 1 rings (SSSR count). The van der Waals surface area contributed by atoms with Crippen LogP contribution in [0.5, 0.6) is 5.75 Å². The minimum Gasteiger partial charge on any atom is -0.493 e. The van der Waals surface area contributed by atoms with Crippen LogP contribution in [0.3, 0.4) is 0 Å². The monoisotopic (exact) mass is 200 g/mol. The molecule has 0 heterocycles. The fourth-order valence-corrected chi connectivity index (χ4v) is 1.09. The summed E-state index contributed by atoms with van der Waals surface area (Å²) in [6.07, 6.45) is 0. The summed E-state index contributed by atoms with van der Waals surface area (Å²) in [5.74, 6) is 0.722. The Labute approximate surface area is 104 Å². The van der Waals surface area contributed by atoms with Gasteiger partial charge in [-0.2, -0.15) is 17.7 Å². The minimum atomic E-state index is 0. The van der Waals surface area contributed by atoms with Gasteiger partial charge in [0.1, 0.15) is 0 Å². The summed E-state index contributed by atoms with van der Waals surface area (Å²) in [5.41, 5.74) is 1.42. The van der Waals surface area contributed by atoms with Crippen molar-refractivity contribution in [2.45, 2.75) is 26.2 Å². The summed E-state index contributed by atoms with van der Waals surface area (Å²) in [7, 11) is 1.60. The number of hydrogen-bond acceptors (Lipinski definition) is 2. The molecule has 0 aromatic heterocycles. The maximum absolute atomic E-state index is 5.25. The number of methoxy groups -OCH3 is 1. The smallest absolute Gasteiger partial charge is 0.493 e. The second kappa shape index (κ2) is 6.22. The molecule has 0 saturated carbocycles. The molecule has 0 N–H and O–H groups in total. The summed E-state index contributed by atoms with van der Waals surface area (Å²) < 4.78 is 10.0. The first-order chi connectivity index (χ1) is 6.54. The number of hydrogen-bond donors (Lipinski definition) is 0. The summed E-state index contributed by atoms with van der Waals surface area (Å²) in [5, 5.41) is 0. The molecule has 0 unspecified atom stereocenters. The zero-order chi connectivity index (χ0) is 10.6. The van der Waals surface area contributed by atoms with Gasteiger partial charge in [-0.1, -0.05) is 26.2 Å². The fourth-order valence-electron chi connectivity index (χ4n) is 1.09. The molecule has 0 atom stereocenters. The van der Waals surface area contributed by atoms with Crippen LogP contribution < -0.4 is 23.6 Å². The molecule has 0 amide bonds. The van der Waals surface area contributed by atoms with Gasteiger partial charge in [-0.3, -0.25) is 0 Å². The molecule has 0 aliphatic heterocycles. The molecule has 0 saturated heterocycles. The summed E-state index contributed by atoms with van der Waals surface area (Å²) >= 11 is 0. The molecule has 3 heteroatoms. The van der Waals surface area contributed by atoms with Crippen LogP contribution in [0.15, 0.2) is 18.2 Å². The number of ether oxygens (including phenoxy) is 2. The molecule has 0 radical (unpaired) electrons. The van der Waals surface area contributed by atoms with E-state index in [9.17, 15) is 0 Å². The van der Waals surface area contributed by atoms with Gasteiger partial charge < -0.3 is 9.47 Å². The third-order valence-corrected chi connectivity index (χ3v) is 1.98. The van der Waals surface area contributed by atoms with E-state index in [1.54, 1.807) is 7.11 Å². The molecule has 0 aliphatic rings. The molecular weight excluding hydrogens is 183 g/mol. The van der Waals surface area contributed by atoms with Crippen molar-refractivity contribution in [1.82, 2.24) is 0 Å². The molecule has 0 aliphatic carbocycles. The predicted octanol–water partition coefficient (Wildman–Crippen LogP) is -0.229. The van der Waals surface area contributed by atoms with E-state index in [1.807, 2.05) is 12.1 Å². The third-order valence-electron chi connectivity index (χ3n) is 1.98. The van der Waals surface area contributed by atoms with Gasteiger partial charge in [-0.05, 0) is 0 Å². The molecule has 1 aromatic rings. The summed E-state index contributed by atoms with van der Waals surface area (Å²) in [6.45, 7) is 6.79. The van der Waals surface area contributed by atoms with Gasteiger partial charge in [0.05, 0.1) is 0 Å². The molecule has 0 spiro atoms. The standard InChI is InChI=1S/C12H17O2.Li/c1-12(2,3)10-5-7-11(8-6-10)14-9-13-4;/h5-7H,9H2,1-4H3;/q-1;+1. The molecule has 15 heavy (non-hydrogen) atoms. The second-order valence-electron chi connectivity index (χ2n) is 4.24. The first-order valence-electron chi connectivity index (χ1n) is 4.68. The average molecular weight is 200 g/mol. The van der Waals surface area contributed by atoms with Gasteiger partial charge in [-0.15, -0.1) is 12.1 Å². The van der Waals surface area contributed by atoms with Crippen molar-refractivity contribution >= 4 is 0 Å². The molecule has 1 aromatic carbocycles. The quantitative estimate of drug-likeness (QED) is 0.381. The van der Waals surface area contributed by atoms with Crippen molar-refractivity contribution in [3.05, 3.63) is 29.8 Å². The van der Waals surface area contributed by atoms with Crippen LogP contribution in [0.1, 0.15) is 26.3 Å². The summed E-state index contributed by atoms with van der Waals surface area (Å²) in [4.78, 5) is 0. The van der Waals surface area contributed by atoms with Crippen LogP contribution in [0.2, 0.25) is 0 Å². The van der Waals surface area contributed by atoms with Gasteiger partial charge in [0, 0.05) is 12.9 Å². The maximum Gasteiger partial charge on any atom is 1.00 e. The van der Waals surface area contributed by atoms with E-state index in [0.29, 0.717) is 0 Å². The molecule has 0 fully saturated rings. The summed E-state index contributed by atoms with van der Waals surface area (Å²) in [6, 6.07) is 9.01. The van der Waals surface area contributed by atoms with Gasteiger partial charge in [0.15, 0.2) is 6.79 Å². The van der Waals surface area contributed by atoms with Crippen molar-refractivity contribution in [3.8, 4) is 5.75 Å². The predicted molar refractivity (Wildman–Crippen MR) is 56.5 cm³/mol. The Balaban J connectivity index is 0.00000196. The van der Waals surface area contributed by atoms with E-state index < -0.39 is 0 Å². The molecule has 78 valence electrons. The van der Waals surface area contributed by atoms with Crippen molar-refractivity contribution in [3.63, 3.8) is 0 Å². The van der Waals surface area contributed by atoms with Crippen LogP contribution in [0.4, 0.5) is 0 Å². The first kappa shape index (κ1) is 14.6. The van der Waals surface area contributed by atoms with E-state index in [1.165, 1.54) is 5.56 Å². The van der Waals surface area contributed by atoms with E-state index >= 15 is 0 Å². The van der Waals surface area contributed by atoms with E-state index in [-0.39, 0.29) is 31.1 Å². The SMILES string of the molecule is COCOc1[c-]cc(C(C)(C)C)cc1.[Li+]. The Kier molecular flexibility index (Phi) is 6.05. The van der Waals surface area contributed by atoms with Gasteiger partial charge in [0.2, 0.25) is 0 Å². The molecule has 2 nitrogen and oxygen atoms in total. The Morgan fingerprint density at radius 2 is 1.93 bits per heavy atom. The number of rotatable bonds is 3. The average Bonchev–Trinajstić information content (AvgIpc) is 2.14.